The monoisotopic (exact) mass is 229 g/mol. The van der Waals surface area contributed by atoms with Crippen LogP contribution in [0.1, 0.15) is 10.5 Å². The zero-order chi connectivity index (χ0) is 12.2. The van der Waals surface area contributed by atoms with Crippen molar-refractivity contribution in [1.29, 1.82) is 0 Å². The highest BCUT2D eigenvalue weighted by atomic mass is 16.3. The number of aryl methyl sites for hydroxylation is 1. The first-order valence-electron chi connectivity index (χ1n) is 4.71. The third-order valence-corrected chi connectivity index (χ3v) is 2.34. The van der Waals surface area contributed by atoms with Crippen LogP contribution in [0.4, 0.5) is 0 Å². The summed E-state index contributed by atoms with van der Waals surface area (Å²) in [5.41, 5.74) is -1.14. The number of aliphatic hydroxyl groups is 3. The highest BCUT2D eigenvalue weighted by molar-refractivity contribution is 5.93. The molecule has 1 amide bonds. The van der Waals surface area contributed by atoms with Crippen molar-refractivity contribution in [3.8, 4) is 0 Å². The van der Waals surface area contributed by atoms with Crippen LogP contribution in [-0.4, -0.2) is 56.4 Å². The average molecular weight is 229 g/mol. The van der Waals surface area contributed by atoms with Crippen molar-refractivity contribution < 1.29 is 20.1 Å². The van der Waals surface area contributed by atoms with Gasteiger partial charge in [0.25, 0.3) is 5.91 Å². The van der Waals surface area contributed by atoms with Gasteiger partial charge in [-0.1, -0.05) is 0 Å². The van der Waals surface area contributed by atoms with Gasteiger partial charge in [-0.25, -0.2) is 0 Å². The summed E-state index contributed by atoms with van der Waals surface area (Å²) in [5.74, 6) is -0.517. The number of hydrogen-bond acceptors (Lipinski definition) is 5. The lowest BCUT2D eigenvalue weighted by Gasteiger charge is -2.28. The molecule has 0 aliphatic rings. The molecule has 0 unspecified atom stereocenters. The Kier molecular flexibility index (Phi) is 3.99. The van der Waals surface area contributed by atoms with Crippen LogP contribution in [0.3, 0.4) is 0 Å². The minimum absolute atomic E-state index is 0.278. The Bertz CT molecular complexity index is 351. The SMILES string of the molecule is Cn1nccc1C(=O)NC(CO)(CO)CO. The van der Waals surface area contributed by atoms with Gasteiger partial charge in [-0.05, 0) is 6.07 Å². The van der Waals surface area contributed by atoms with Crippen LogP contribution >= 0.6 is 0 Å². The molecule has 1 rings (SSSR count). The maximum absolute atomic E-state index is 11.7. The van der Waals surface area contributed by atoms with E-state index in [1.807, 2.05) is 0 Å². The Hall–Kier alpha value is -1.44. The molecule has 7 nitrogen and oxygen atoms in total. The number of carbonyl (C=O) groups excluding carboxylic acids is 1. The van der Waals surface area contributed by atoms with E-state index in [1.54, 1.807) is 7.05 Å². The molecule has 0 spiro atoms. The summed E-state index contributed by atoms with van der Waals surface area (Å²) in [4.78, 5) is 11.7. The Labute approximate surface area is 92.3 Å². The zero-order valence-electron chi connectivity index (χ0n) is 8.92. The van der Waals surface area contributed by atoms with Crippen molar-refractivity contribution in [3.63, 3.8) is 0 Å². The normalized spacial score (nSPS) is 11.5. The van der Waals surface area contributed by atoms with E-state index in [-0.39, 0.29) is 5.69 Å². The first-order chi connectivity index (χ1) is 7.58. The molecule has 0 aliphatic heterocycles. The maximum Gasteiger partial charge on any atom is 0.270 e. The second-order valence-corrected chi connectivity index (χ2v) is 3.55. The number of hydrogen-bond donors (Lipinski definition) is 4. The quantitative estimate of drug-likeness (QED) is 0.461. The van der Waals surface area contributed by atoms with E-state index in [4.69, 9.17) is 15.3 Å². The Morgan fingerprint density at radius 3 is 2.38 bits per heavy atom. The van der Waals surface area contributed by atoms with Crippen LogP contribution in [0.2, 0.25) is 0 Å². The number of aromatic nitrogens is 2. The standard InChI is InChI=1S/C9H15N3O4/c1-12-7(2-3-10-12)8(16)11-9(4-13,5-14)6-15/h2-3,13-15H,4-6H2,1H3,(H,11,16). The largest absolute Gasteiger partial charge is 0.394 e. The molecule has 4 N–H and O–H groups in total. The van der Waals surface area contributed by atoms with Crippen molar-refractivity contribution in [2.24, 2.45) is 7.05 Å². The molecular weight excluding hydrogens is 214 g/mol. The Morgan fingerprint density at radius 2 is 2.00 bits per heavy atom. The summed E-state index contributed by atoms with van der Waals surface area (Å²) in [6.07, 6.45) is 1.45. The number of carbonyl (C=O) groups is 1. The fraction of sp³-hybridized carbons (Fsp3) is 0.556. The van der Waals surface area contributed by atoms with E-state index in [9.17, 15) is 4.79 Å². The van der Waals surface area contributed by atoms with E-state index in [1.165, 1.54) is 16.9 Å². The summed E-state index contributed by atoms with van der Waals surface area (Å²) in [6.45, 7) is -1.66. The van der Waals surface area contributed by atoms with Crippen LogP contribution < -0.4 is 5.32 Å². The van der Waals surface area contributed by atoms with Crippen LogP contribution in [0.15, 0.2) is 12.3 Å². The van der Waals surface area contributed by atoms with Gasteiger partial charge in [-0.15, -0.1) is 0 Å². The molecule has 1 heterocycles. The van der Waals surface area contributed by atoms with Crippen LogP contribution in [0, 0.1) is 0 Å². The van der Waals surface area contributed by atoms with Crippen molar-refractivity contribution >= 4 is 5.91 Å². The molecule has 0 radical (unpaired) electrons. The molecule has 0 aliphatic carbocycles. The van der Waals surface area contributed by atoms with Gasteiger partial charge in [-0.2, -0.15) is 5.10 Å². The smallest absolute Gasteiger partial charge is 0.270 e. The molecule has 1 aromatic rings. The number of rotatable bonds is 5. The molecule has 0 saturated carbocycles. The van der Waals surface area contributed by atoms with Crippen molar-refractivity contribution in [2.75, 3.05) is 19.8 Å². The summed E-state index contributed by atoms with van der Waals surface area (Å²) in [6, 6.07) is 1.49. The Morgan fingerprint density at radius 1 is 1.44 bits per heavy atom. The molecule has 0 saturated heterocycles. The average Bonchev–Trinajstić information content (AvgIpc) is 2.72. The second-order valence-electron chi connectivity index (χ2n) is 3.55. The van der Waals surface area contributed by atoms with Gasteiger partial charge in [0, 0.05) is 13.2 Å². The fourth-order valence-corrected chi connectivity index (χ4v) is 1.17. The van der Waals surface area contributed by atoms with Crippen molar-refractivity contribution in [1.82, 2.24) is 15.1 Å². The lowest BCUT2D eigenvalue weighted by Crippen LogP contribution is -2.57. The van der Waals surface area contributed by atoms with Crippen LogP contribution in [-0.2, 0) is 7.05 Å². The molecule has 90 valence electrons. The molecule has 1 aromatic heterocycles. The third kappa shape index (κ3) is 2.38. The summed E-state index contributed by atoms with van der Waals surface area (Å²) in [5, 5.41) is 33.3. The van der Waals surface area contributed by atoms with E-state index < -0.39 is 31.3 Å². The summed E-state index contributed by atoms with van der Waals surface area (Å²) < 4.78 is 1.35. The third-order valence-electron chi connectivity index (χ3n) is 2.34. The number of nitrogens with one attached hydrogen (secondary N) is 1. The summed E-state index contributed by atoms with van der Waals surface area (Å²) in [7, 11) is 1.59. The molecule has 7 heteroatoms. The van der Waals surface area contributed by atoms with Gasteiger partial charge in [0.2, 0.25) is 0 Å². The molecule has 0 atom stereocenters. The maximum atomic E-state index is 11.7. The molecule has 0 bridgehead atoms. The van der Waals surface area contributed by atoms with Gasteiger partial charge in [-0.3, -0.25) is 9.48 Å². The molecular formula is C9H15N3O4. The highest BCUT2D eigenvalue weighted by Gasteiger charge is 2.30. The lowest BCUT2D eigenvalue weighted by molar-refractivity contribution is 0.0371. The number of aliphatic hydroxyl groups excluding tert-OH is 3. The van der Waals surface area contributed by atoms with Gasteiger partial charge in [0.05, 0.1) is 19.8 Å². The predicted molar refractivity (Wildman–Crippen MR) is 54.7 cm³/mol. The minimum atomic E-state index is -1.42. The van der Waals surface area contributed by atoms with Gasteiger partial charge < -0.3 is 20.6 Å². The molecule has 0 fully saturated rings. The van der Waals surface area contributed by atoms with E-state index >= 15 is 0 Å². The van der Waals surface area contributed by atoms with Crippen LogP contribution in [0.5, 0.6) is 0 Å². The van der Waals surface area contributed by atoms with E-state index in [0.717, 1.165) is 0 Å². The summed E-state index contributed by atoms with van der Waals surface area (Å²) >= 11 is 0. The topological polar surface area (TPSA) is 108 Å². The lowest BCUT2D eigenvalue weighted by atomic mass is 10.0. The van der Waals surface area contributed by atoms with Crippen molar-refractivity contribution in [3.05, 3.63) is 18.0 Å². The van der Waals surface area contributed by atoms with Crippen molar-refractivity contribution in [2.45, 2.75) is 5.54 Å². The van der Waals surface area contributed by atoms with E-state index in [0.29, 0.717) is 0 Å². The first kappa shape index (κ1) is 12.6. The molecule has 0 aromatic carbocycles. The number of amides is 1. The van der Waals surface area contributed by atoms with Gasteiger partial charge in [0.15, 0.2) is 0 Å². The van der Waals surface area contributed by atoms with Gasteiger partial charge in [0.1, 0.15) is 11.2 Å². The Balaban J connectivity index is 2.81. The van der Waals surface area contributed by atoms with E-state index in [2.05, 4.69) is 10.4 Å². The second kappa shape index (κ2) is 5.06. The zero-order valence-corrected chi connectivity index (χ0v) is 8.92. The highest BCUT2D eigenvalue weighted by Crippen LogP contribution is 2.05. The minimum Gasteiger partial charge on any atom is -0.394 e. The fourth-order valence-electron chi connectivity index (χ4n) is 1.17. The first-order valence-corrected chi connectivity index (χ1v) is 4.71. The van der Waals surface area contributed by atoms with Gasteiger partial charge >= 0.3 is 0 Å². The number of nitrogens with zero attached hydrogens (tertiary/aromatic N) is 2. The van der Waals surface area contributed by atoms with Crippen LogP contribution in [0.25, 0.3) is 0 Å². The predicted octanol–water partition coefficient (Wildman–Crippen LogP) is -2.13. The molecule has 16 heavy (non-hydrogen) atoms.